The SMILES string of the molecule is Cc1cnc(C(=O)Nc2cccc(C#N)c2)cn1. The van der Waals surface area contributed by atoms with Gasteiger partial charge in [-0.2, -0.15) is 5.26 Å². The number of hydrogen-bond donors (Lipinski definition) is 1. The zero-order valence-corrected chi connectivity index (χ0v) is 9.71. The molecule has 0 unspecified atom stereocenters. The van der Waals surface area contributed by atoms with Crippen molar-refractivity contribution in [2.45, 2.75) is 6.92 Å². The van der Waals surface area contributed by atoms with Crippen molar-refractivity contribution < 1.29 is 4.79 Å². The van der Waals surface area contributed by atoms with Crippen LogP contribution in [-0.2, 0) is 0 Å². The molecule has 18 heavy (non-hydrogen) atoms. The number of nitrogens with one attached hydrogen (secondary N) is 1. The van der Waals surface area contributed by atoms with Crippen LogP contribution >= 0.6 is 0 Å². The summed E-state index contributed by atoms with van der Waals surface area (Å²) in [5.41, 5.74) is 2.03. The van der Waals surface area contributed by atoms with Crippen molar-refractivity contribution >= 4 is 11.6 Å². The Morgan fingerprint density at radius 3 is 2.83 bits per heavy atom. The average Bonchev–Trinajstić information content (AvgIpc) is 2.39. The van der Waals surface area contributed by atoms with E-state index >= 15 is 0 Å². The van der Waals surface area contributed by atoms with E-state index in [4.69, 9.17) is 5.26 Å². The van der Waals surface area contributed by atoms with Crippen molar-refractivity contribution in [1.29, 1.82) is 5.26 Å². The molecule has 0 aliphatic rings. The molecule has 2 aromatic rings. The summed E-state index contributed by atoms with van der Waals surface area (Å²) >= 11 is 0. The molecule has 0 atom stereocenters. The quantitative estimate of drug-likeness (QED) is 0.866. The Hall–Kier alpha value is -2.74. The Labute approximate surface area is 104 Å². The number of nitrogens with zero attached hydrogens (tertiary/aromatic N) is 3. The molecular formula is C13H10N4O. The van der Waals surface area contributed by atoms with E-state index in [1.807, 2.05) is 6.07 Å². The fraction of sp³-hybridized carbons (Fsp3) is 0.0769. The normalized spacial score (nSPS) is 9.56. The highest BCUT2D eigenvalue weighted by Gasteiger charge is 2.07. The predicted molar refractivity (Wildman–Crippen MR) is 65.9 cm³/mol. The van der Waals surface area contributed by atoms with Crippen molar-refractivity contribution in [3.8, 4) is 6.07 Å². The molecule has 1 aromatic heterocycles. The molecule has 5 heteroatoms. The number of aryl methyl sites for hydroxylation is 1. The van der Waals surface area contributed by atoms with Gasteiger partial charge in [0.15, 0.2) is 0 Å². The maximum absolute atomic E-state index is 11.8. The molecular weight excluding hydrogens is 228 g/mol. The van der Waals surface area contributed by atoms with Gasteiger partial charge in [0, 0.05) is 11.9 Å². The molecule has 1 amide bonds. The molecule has 0 aliphatic heterocycles. The van der Waals surface area contributed by atoms with E-state index in [-0.39, 0.29) is 11.6 Å². The highest BCUT2D eigenvalue weighted by atomic mass is 16.1. The molecule has 5 nitrogen and oxygen atoms in total. The van der Waals surface area contributed by atoms with Crippen molar-refractivity contribution in [3.05, 3.63) is 53.6 Å². The largest absolute Gasteiger partial charge is 0.321 e. The minimum absolute atomic E-state index is 0.239. The smallest absolute Gasteiger partial charge is 0.275 e. The van der Waals surface area contributed by atoms with Gasteiger partial charge >= 0.3 is 0 Å². The first kappa shape index (κ1) is 11.7. The monoisotopic (exact) mass is 238 g/mol. The van der Waals surface area contributed by atoms with Gasteiger partial charge in [-0.25, -0.2) is 4.98 Å². The molecule has 0 saturated carbocycles. The van der Waals surface area contributed by atoms with Crippen molar-refractivity contribution in [2.75, 3.05) is 5.32 Å². The van der Waals surface area contributed by atoms with E-state index in [1.165, 1.54) is 12.4 Å². The van der Waals surface area contributed by atoms with Gasteiger partial charge in [-0.15, -0.1) is 0 Å². The van der Waals surface area contributed by atoms with Crippen LogP contribution in [0.2, 0.25) is 0 Å². The van der Waals surface area contributed by atoms with Gasteiger partial charge in [-0.3, -0.25) is 9.78 Å². The zero-order valence-electron chi connectivity index (χ0n) is 9.71. The van der Waals surface area contributed by atoms with Crippen molar-refractivity contribution in [2.24, 2.45) is 0 Å². The van der Waals surface area contributed by atoms with Crippen LogP contribution in [0.3, 0.4) is 0 Å². The molecule has 0 fully saturated rings. The van der Waals surface area contributed by atoms with Crippen LogP contribution in [0.1, 0.15) is 21.7 Å². The van der Waals surface area contributed by atoms with Crippen LogP contribution in [-0.4, -0.2) is 15.9 Å². The van der Waals surface area contributed by atoms with Crippen molar-refractivity contribution in [1.82, 2.24) is 9.97 Å². The lowest BCUT2D eigenvalue weighted by Crippen LogP contribution is -2.14. The van der Waals surface area contributed by atoms with E-state index in [1.54, 1.807) is 31.2 Å². The Bertz CT molecular complexity index is 614. The van der Waals surface area contributed by atoms with E-state index in [9.17, 15) is 4.79 Å². The Morgan fingerprint density at radius 2 is 2.17 bits per heavy atom. The molecule has 0 aliphatic carbocycles. The van der Waals surface area contributed by atoms with E-state index in [0.29, 0.717) is 11.3 Å². The molecule has 0 saturated heterocycles. The number of nitriles is 1. The van der Waals surface area contributed by atoms with Gasteiger partial charge in [-0.1, -0.05) is 6.07 Å². The van der Waals surface area contributed by atoms with Crippen LogP contribution in [0.5, 0.6) is 0 Å². The second kappa shape index (κ2) is 5.06. The molecule has 0 radical (unpaired) electrons. The average molecular weight is 238 g/mol. The minimum Gasteiger partial charge on any atom is -0.321 e. The minimum atomic E-state index is -0.349. The van der Waals surface area contributed by atoms with E-state index in [0.717, 1.165) is 5.69 Å². The number of anilines is 1. The van der Waals surface area contributed by atoms with Crippen LogP contribution in [0.4, 0.5) is 5.69 Å². The summed E-state index contributed by atoms with van der Waals surface area (Å²) in [4.78, 5) is 19.8. The lowest BCUT2D eigenvalue weighted by molar-refractivity contribution is 0.102. The van der Waals surface area contributed by atoms with Gasteiger partial charge in [0.25, 0.3) is 5.91 Å². The molecule has 1 aromatic carbocycles. The topological polar surface area (TPSA) is 78.7 Å². The first-order valence-corrected chi connectivity index (χ1v) is 5.29. The molecule has 1 heterocycles. The van der Waals surface area contributed by atoms with E-state index in [2.05, 4.69) is 15.3 Å². The molecule has 88 valence electrons. The first-order chi connectivity index (χ1) is 8.69. The third kappa shape index (κ3) is 2.68. The summed E-state index contributed by atoms with van der Waals surface area (Å²) in [7, 11) is 0. The summed E-state index contributed by atoms with van der Waals surface area (Å²) in [6.45, 7) is 1.80. The number of carbonyl (C=O) groups is 1. The van der Waals surface area contributed by atoms with E-state index < -0.39 is 0 Å². The predicted octanol–water partition coefficient (Wildman–Crippen LogP) is 1.91. The number of aromatic nitrogens is 2. The highest BCUT2D eigenvalue weighted by Crippen LogP contribution is 2.10. The third-order valence-electron chi connectivity index (χ3n) is 2.26. The second-order valence-electron chi connectivity index (χ2n) is 3.69. The van der Waals surface area contributed by atoms with Gasteiger partial charge < -0.3 is 5.32 Å². The maximum Gasteiger partial charge on any atom is 0.275 e. The van der Waals surface area contributed by atoms with Gasteiger partial charge in [0.05, 0.1) is 23.5 Å². The molecule has 0 bridgehead atoms. The van der Waals surface area contributed by atoms with Crippen LogP contribution in [0.15, 0.2) is 36.7 Å². The summed E-state index contributed by atoms with van der Waals surface area (Å²) in [6, 6.07) is 8.69. The number of rotatable bonds is 2. The lowest BCUT2D eigenvalue weighted by Gasteiger charge is -2.04. The second-order valence-corrected chi connectivity index (χ2v) is 3.69. The number of amides is 1. The molecule has 1 N–H and O–H groups in total. The third-order valence-corrected chi connectivity index (χ3v) is 2.26. The van der Waals surface area contributed by atoms with Crippen LogP contribution in [0, 0.1) is 18.3 Å². The van der Waals surface area contributed by atoms with Crippen LogP contribution in [0.25, 0.3) is 0 Å². The fourth-order valence-corrected chi connectivity index (χ4v) is 1.37. The van der Waals surface area contributed by atoms with Crippen molar-refractivity contribution in [3.63, 3.8) is 0 Å². The Kier molecular flexibility index (Phi) is 3.30. The Balaban J connectivity index is 2.16. The van der Waals surface area contributed by atoms with Gasteiger partial charge in [0.1, 0.15) is 5.69 Å². The zero-order chi connectivity index (χ0) is 13.0. The molecule has 0 spiro atoms. The summed E-state index contributed by atoms with van der Waals surface area (Å²) in [5, 5.41) is 11.4. The summed E-state index contributed by atoms with van der Waals surface area (Å²) < 4.78 is 0. The van der Waals surface area contributed by atoms with Crippen LogP contribution < -0.4 is 5.32 Å². The highest BCUT2D eigenvalue weighted by molar-refractivity contribution is 6.02. The van der Waals surface area contributed by atoms with Gasteiger partial charge in [0.2, 0.25) is 0 Å². The van der Waals surface area contributed by atoms with Gasteiger partial charge in [-0.05, 0) is 25.1 Å². The summed E-state index contributed by atoms with van der Waals surface area (Å²) in [5.74, 6) is -0.349. The lowest BCUT2D eigenvalue weighted by atomic mass is 10.2. The Morgan fingerprint density at radius 1 is 1.33 bits per heavy atom. The molecule has 2 rings (SSSR count). The summed E-state index contributed by atoms with van der Waals surface area (Å²) in [6.07, 6.45) is 2.94. The number of hydrogen-bond acceptors (Lipinski definition) is 4. The number of benzene rings is 1. The standard InChI is InChI=1S/C13H10N4O/c1-9-7-16-12(8-15-9)13(18)17-11-4-2-3-10(5-11)6-14/h2-5,7-8H,1H3,(H,17,18). The number of carbonyl (C=O) groups excluding carboxylic acids is 1. The fourth-order valence-electron chi connectivity index (χ4n) is 1.37. The maximum atomic E-state index is 11.8. The first-order valence-electron chi connectivity index (χ1n) is 5.29.